The molecule has 0 aliphatic heterocycles. The first-order valence-electron chi connectivity index (χ1n) is 10.5. The van der Waals surface area contributed by atoms with E-state index in [4.69, 9.17) is 10.5 Å². The van der Waals surface area contributed by atoms with Crippen molar-refractivity contribution in [3.63, 3.8) is 0 Å². The van der Waals surface area contributed by atoms with Gasteiger partial charge in [-0.15, -0.1) is 10.2 Å². The molecule has 0 radical (unpaired) electrons. The minimum Gasteiger partial charge on any atom is -0.497 e. The van der Waals surface area contributed by atoms with Gasteiger partial charge in [0.05, 0.1) is 25.7 Å². The van der Waals surface area contributed by atoms with Crippen molar-refractivity contribution in [1.82, 2.24) is 25.1 Å². The maximum atomic E-state index is 12.3. The Labute approximate surface area is 186 Å². The van der Waals surface area contributed by atoms with E-state index in [1.165, 1.54) is 0 Å². The van der Waals surface area contributed by atoms with E-state index in [9.17, 15) is 4.79 Å². The fourth-order valence-corrected chi connectivity index (χ4v) is 3.61. The quantitative estimate of drug-likeness (QED) is 0.396. The van der Waals surface area contributed by atoms with Crippen LogP contribution >= 0.6 is 0 Å². The lowest BCUT2D eigenvalue weighted by Gasteiger charge is -2.18. The van der Waals surface area contributed by atoms with Crippen molar-refractivity contribution in [2.45, 2.75) is 38.9 Å². The van der Waals surface area contributed by atoms with Crippen molar-refractivity contribution in [3.05, 3.63) is 77.5 Å². The van der Waals surface area contributed by atoms with Gasteiger partial charge in [-0.3, -0.25) is 4.79 Å². The summed E-state index contributed by atoms with van der Waals surface area (Å²) in [5, 5.41) is 12.9. The number of ether oxygens (including phenoxy) is 1. The topological polar surface area (TPSA) is 111 Å². The molecule has 4 rings (SSSR count). The second kappa shape index (κ2) is 8.84. The summed E-state index contributed by atoms with van der Waals surface area (Å²) in [6.07, 6.45) is 2.62. The number of nitrogens with zero attached hydrogens (tertiary/aromatic N) is 3. The van der Waals surface area contributed by atoms with E-state index in [2.05, 4.69) is 32.6 Å². The lowest BCUT2D eigenvalue weighted by molar-refractivity contribution is -0.125. The zero-order chi connectivity index (χ0) is 22.7. The molecule has 0 spiro atoms. The molecule has 166 valence electrons. The Morgan fingerprint density at radius 3 is 2.72 bits per heavy atom. The SMILES string of the molecule is COc1cccc(Cn2c(CNC(=O)C(C)(C)N)nnc2Cc2c[nH]c3ccccc23)c1. The van der Waals surface area contributed by atoms with Crippen LogP contribution in [-0.4, -0.2) is 38.3 Å². The van der Waals surface area contributed by atoms with Gasteiger partial charge in [0.1, 0.15) is 11.6 Å². The maximum absolute atomic E-state index is 12.3. The van der Waals surface area contributed by atoms with Gasteiger partial charge in [-0.05, 0) is 43.2 Å². The van der Waals surface area contributed by atoms with Crippen LogP contribution in [0.15, 0.2) is 54.7 Å². The number of nitrogens with two attached hydrogens (primary N) is 1. The Morgan fingerprint density at radius 1 is 1.16 bits per heavy atom. The highest BCUT2D eigenvalue weighted by molar-refractivity contribution is 5.85. The first-order chi connectivity index (χ1) is 15.3. The van der Waals surface area contributed by atoms with E-state index in [0.717, 1.165) is 33.6 Å². The number of aromatic amines is 1. The summed E-state index contributed by atoms with van der Waals surface area (Å²) in [5.41, 5.74) is 8.22. The third kappa shape index (κ3) is 4.65. The van der Waals surface area contributed by atoms with Crippen molar-refractivity contribution in [2.75, 3.05) is 7.11 Å². The highest BCUT2D eigenvalue weighted by Gasteiger charge is 2.23. The molecule has 4 aromatic rings. The van der Waals surface area contributed by atoms with Crippen molar-refractivity contribution < 1.29 is 9.53 Å². The van der Waals surface area contributed by atoms with Crippen LogP contribution in [0.2, 0.25) is 0 Å². The fourth-order valence-electron chi connectivity index (χ4n) is 3.61. The number of benzene rings is 2. The minimum atomic E-state index is -0.968. The number of fused-ring (bicyclic) bond motifs is 1. The van der Waals surface area contributed by atoms with Crippen LogP contribution in [0.3, 0.4) is 0 Å². The molecule has 0 saturated carbocycles. The highest BCUT2D eigenvalue weighted by atomic mass is 16.5. The number of nitrogens with one attached hydrogen (secondary N) is 2. The number of hydrogen-bond acceptors (Lipinski definition) is 5. The van der Waals surface area contributed by atoms with Crippen LogP contribution in [-0.2, 0) is 24.3 Å². The Balaban J connectivity index is 1.65. The van der Waals surface area contributed by atoms with E-state index < -0.39 is 5.54 Å². The van der Waals surface area contributed by atoms with Crippen LogP contribution in [0.25, 0.3) is 10.9 Å². The molecule has 1 amide bonds. The molecule has 4 N–H and O–H groups in total. The summed E-state index contributed by atoms with van der Waals surface area (Å²) in [6, 6.07) is 16.1. The van der Waals surface area contributed by atoms with E-state index in [0.29, 0.717) is 18.8 Å². The van der Waals surface area contributed by atoms with Crippen LogP contribution in [0.1, 0.15) is 36.6 Å². The number of H-pyrrole nitrogens is 1. The molecule has 2 aromatic carbocycles. The second-order valence-electron chi connectivity index (χ2n) is 8.41. The normalized spacial score (nSPS) is 11.6. The standard InChI is InChI=1S/C24H28N6O2/c1-24(2,25)23(31)27-14-22-29-28-21(12-17-13-26-20-10-5-4-9-19(17)20)30(22)15-16-7-6-8-18(11-16)32-3/h4-11,13,26H,12,14-15,25H2,1-3H3,(H,27,31). The summed E-state index contributed by atoms with van der Waals surface area (Å²) in [7, 11) is 1.65. The third-order valence-electron chi connectivity index (χ3n) is 5.39. The van der Waals surface area contributed by atoms with Gasteiger partial charge in [-0.1, -0.05) is 30.3 Å². The number of carbonyl (C=O) groups is 1. The van der Waals surface area contributed by atoms with Crippen molar-refractivity contribution in [3.8, 4) is 5.75 Å². The number of hydrogen-bond donors (Lipinski definition) is 3. The zero-order valence-electron chi connectivity index (χ0n) is 18.6. The number of rotatable bonds is 8. The number of amides is 1. The number of para-hydroxylation sites is 1. The largest absolute Gasteiger partial charge is 0.497 e. The average Bonchev–Trinajstić information content (AvgIpc) is 3.36. The lowest BCUT2D eigenvalue weighted by atomic mass is 10.1. The van der Waals surface area contributed by atoms with Crippen LogP contribution in [0.5, 0.6) is 5.75 Å². The Kier molecular flexibility index (Phi) is 5.96. The van der Waals surface area contributed by atoms with Gasteiger partial charge in [0.15, 0.2) is 5.82 Å². The average molecular weight is 433 g/mol. The molecular weight excluding hydrogens is 404 g/mol. The lowest BCUT2D eigenvalue weighted by Crippen LogP contribution is -2.49. The Hall–Kier alpha value is -3.65. The molecular formula is C24H28N6O2. The van der Waals surface area contributed by atoms with Gasteiger partial charge in [-0.2, -0.15) is 0 Å². The Morgan fingerprint density at radius 2 is 1.94 bits per heavy atom. The van der Waals surface area contributed by atoms with Crippen LogP contribution in [0.4, 0.5) is 0 Å². The van der Waals surface area contributed by atoms with Crippen molar-refractivity contribution in [1.29, 1.82) is 0 Å². The first-order valence-corrected chi connectivity index (χ1v) is 10.5. The summed E-state index contributed by atoms with van der Waals surface area (Å²) in [6.45, 7) is 4.14. The molecule has 8 nitrogen and oxygen atoms in total. The fraction of sp³-hybridized carbons (Fsp3) is 0.292. The van der Waals surface area contributed by atoms with Crippen LogP contribution < -0.4 is 15.8 Å². The monoisotopic (exact) mass is 432 g/mol. The molecule has 0 aliphatic carbocycles. The number of aromatic nitrogens is 4. The van der Waals surface area contributed by atoms with Gasteiger partial charge in [0.2, 0.25) is 5.91 Å². The van der Waals surface area contributed by atoms with Gasteiger partial charge in [0.25, 0.3) is 0 Å². The number of methoxy groups -OCH3 is 1. The highest BCUT2D eigenvalue weighted by Crippen LogP contribution is 2.22. The molecule has 0 atom stereocenters. The molecule has 0 fully saturated rings. The first kappa shape index (κ1) is 21.6. The van der Waals surface area contributed by atoms with Gasteiger partial charge in [-0.25, -0.2) is 0 Å². The molecule has 0 bridgehead atoms. The van der Waals surface area contributed by atoms with Gasteiger partial charge < -0.3 is 25.3 Å². The van der Waals surface area contributed by atoms with E-state index in [1.54, 1.807) is 21.0 Å². The van der Waals surface area contributed by atoms with E-state index in [-0.39, 0.29) is 12.5 Å². The second-order valence-corrected chi connectivity index (χ2v) is 8.41. The summed E-state index contributed by atoms with van der Waals surface area (Å²) < 4.78 is 7.41. The van der Waals surface area contributed by atoms with Gasteiger partial charge >= 0.3 is 0 Å². The summed E-state index contributed by atoms with van der Waals surface area (Å²) in [4.78, 5) is 15.6. The third-order valence-corrected chi connectivity index (χ3v) is 5.39. The predicted octanol–water partition coefficient (Wildman–Crippen LogP) is 2.76. The summed E-state index contributed by atoms with van der Waals surface area (Å²) in [5.74, 6) is 2.02. The number of carbonyl (C=O) groups excluding carboxylic acids is 1. The van der Waals surface area contributed by atoms with Crippen molar-refractivity contribution in [2.24, 2.45) is 5.73 Å². The smallest absolute Gasteiger partial charge is 0.239 e. The minimum absolute atomic E-state index is 0.240. The molecule has 32 heavy (non-hydrogen) atoms. The molecule has 0 unspecified atom stereocenters. The van der Waals surface area contributed by atoms with E-state index in [1.807, 2.05) is 47.2 Å². The van der Waals surface area contributed by atoms with Crippen molar-refractivity contribution >= 4 is 16.8 Å². The predicted molar refractivity (Wildman–Crippen MR) is 123 cm³/mol. The summed E-state index contributed by atoms with van der Waals surface area (Å²) >= 11 is 0. The molecule has 0 saturated heterocycles. The van der Waals surface area contributed by atoms with E-state index >= 15 is 0 Å². The van der Waals surface area contributed by atoms with Gasteiger partial charge in [0, 0.05) is 23.5 Å². The Bertz CT molecular complexity index is 1230. The molecule has 2 heterocycles. The van der Waals surface area contributed by atoms with Crippen LogP contribution in [0, 0.1) is 0 Å². The molecule has 8 heteroatoms. The molecule has 0 aliphatic rings. The zero-order valence-corrected chi connectivity index (χ0v) is 18.6. The molecule has 2 aromatic heterocycles. The maximum Gasteiger partial charge on any atom is 0.239 e.